The number of esters is 1. The lowest BCUT2D eigenvalue weighted by Gasteiger charge is -2.20. The van der Waals surface area contributed by atoms with Crippen molar-refractivity contribution in [2.45, 2.75) is 45.3 Å². The number of carbonyl (C=O) groups excluding carboxylic acids is 3. The van der Waals surface area contributed by atoms with Crippen molar-refractivity contribution >= 4 is 23.9 Å². The molecule has 0 aromatic carbocycles. The molecule has 1 amide bonds. The van der Waals surface area contributed by atoms with Crippen LogP contribution < -0.4 is 5.32 Å². The van der Waals surface area contributed by atoms with Gasteiger partial charge in [0.25, 0.3) is 0 Å². The smallest absolute Gasteiger partial charge is 0.328 e. The van der Waals surface area contributed by atoms with Crippen molar-refractivity contribution in [2.24, 2.45) is 5.92 Å². The highest BCUT2D eigenvalue weighted by Gasteiger charge is 2.29. The van der Waals surface area contributed by atoms with Crippen molar-refractivity contribution in [2.75, 3.05) is 13.2 Å². The van der Waals surface area contributed by atoms with Gasteiger partial charge in [0, 0.05) is 13.0 Å². The number of nitrogens with one attached hydrogen (secondary N) is 1. The summed E-state index contributed by atoms with van der Waals surface area (Å²) in [6.45, 7) is 4.24. The minimum absolute atomic E-state index is 0.0383. The zero-order valence-corrected chi connectivity index (χ0v) is 12.8. The fourth-order valence-electron chi connectivity index (χ4n) is 2.01. The van der Waals surface area contributed by atoms with Crippen molar-refractivity contribution in [1.29, 1.82) is 0 Å². The zero-order valence-electron chi connectivity index (χ0n) is 12.8. The first-order valence-corrected chi connectivity index (χ1v) is 7.23. The summed E-state index contributed by atoms with van der Waals surface area (Å²) in [6.07, 6.45) is 1.08. The summed E-state index contributed by atoms with van der Waals surface area (Å²) in [4.78, 5) is 38.1. The Hall–Kier alpha value is -2.05. The van der Waals surface area contributed by atoms with Crippen molar-refractivity contribution in [1.82, 2.24) is 5.32 Å². The van der Waals surface area contributed by atoms with Crippen LogP contribution in [0.4, 0.5) is 0 Å². The normalized spacial score (nSPS) is 18.4. The minimum atomic E-state index is -0.911. The van der Waals surface area contributed by atoms with E-state index >= 15 is 0 Å². The first-order chi connectivity index (χ1) is 10.4. The van der Waals surface area contributed by atoms with E-state index in [-0.39, 0.29) is 30.8 Å². The summed E-state index contributed by atoms with van der Waals surface area (Å²) in [6, 6.07) is -0.911. The number of rotatable bonds is 8. The van der Waals surface area contributed by atoms with E-state index < -0.39 is 17.8 Å². The second-order valence-corrected chi connectivity index (χ2v) is 5.36. The van der Waals surface area contributed by atoms with Gasteiger partial charge in [-0.2, -0.15) is 4.79 Å². The summed E-state index contributed by atoms with van der Waals surface area (Å²) in [7, 11) is 0. The highest BCUT2D eigenvalue weighted by molar-refractivity contribution is 6.25. The molecule has 2 atom stereocenters. The monoisotopic (exact) mass is 311 g/mol. The van der Waals surface area contributed by atoms with Crippen LogP contribution in [-0.4, -0.2) is 54.0 Å². The van der Waals surface area contributed by atoms with Crippen molar-refractivity contribution in [3.8, 4) is 0 Å². The van der Waals surface area contributed by atoms with Crippen LogP contribution in [0.3, 0.4) is 0 Å². The number of carbonyl (C=O) groups is 3. The van der Waals surface area contributed by atoms with Crippen LogP contribution in [-0.2, 0) is 23.9 Å². The van der Waals surface area contributed by atoms with Gasteiger partial charge in [0.05, 0.1) is 18.6 Å². The summed E-state index contributed by atoms with van der Waals surface area (Å²) in [5.41, 5.74) is 8.29. The first kappa shape index (κ1) is 18.0. The van der Waals surface area contributed by atoms with Crippen LogP contribution >= 0.6 is 0 Å². The third-order valence-electron chi connectivity index (χ3n) is 3.13. The van der Waals surface area contributed by atoms with E-state index in [9.17, 15) is 14.4 Å². The van der Waals surface area contributed by atoms with E-state index in [2.05, 4.69) is 10.1 Å². The molecule has 1 fully saturated rings. The number of nitrogens with zero attached hydrogens (tertiary/aromatic N) is 2. The van der Waals surface area contributed by atoms with Gasteiger partial charge in [0.15, 0.2) is 0 Å². The van der Waals surface area contributed by atoms with Crippen molar-refractivity contribution in [3.63, 3.8) is 0 Å². The molecule has 8 heteroatoms. The average molecular weight is 311 g/mol. The Morgan fingerprint density at radius 1 is 1.45 bits per heavy atom. The van der Waals surface area contributed by atoms with Gasteiger partial charge in [-0.3, -0.25) is 9.59 Å². The largest absolute Gasteiger partial charge is 0.461 e. The molecule has 1 aliphatic rings. The lowest BCUT2D eigenvalue weighted by molar-refractivity contribution is -0.152. The molecule has 0 spiro atoms. The molecule has 0 unspecified atom stereocenters. The van der Waals surface area contributed by atoms with Gasteiger partial charge in [-0.25, -0.2) is 4.79 Å². The van der Waals surface area contributed by atoms with Gasteiger partial charge in [-0.05, 0) is 26.7 Å². The average Bonchev–Trinajstić information content (AvgIpc) is 2.96. The highest BCUT2D eigenvalue weighted by atomic mass is 16.5. The second-order valence-electron chi connectivity index (χ2n) is 5.36. The van der Waals surface area contributed by atoms with E-state index in [0.717, 1.165) is 6.21 Å². The van der Waals surface area contributed by atoms with Gasteiger partial charge < -0.3 is 20.3 Å². The number of amides is 1. The maximum absolute atomic E-state index is 12.1. The zero-order chi connectivity index (χ0) is 16.5. The maximum Gasteiger partial charge on any atom is 0.328 e. The quantitative estimate of drug-likeness (QED) is 0.295. The summed E-state index contributed by atoms with van der Waals surface area (Å²) in [5, 5.41) is 2.61. The van der Waals surface area contributed by atoms with Crippen molar-refractivity contribution in [3.05, 3.63) is 5.53 Å². The molecule has 122 valence electrons. The van der Waals surface area contributed by atoms with Gasteiger partial charge in [-0.1, -0.05) is 0 Å². The van der Waals surface area contributed by atoms with Gasteiger partial charge in [-0.15, -0.1) is 0 Å². The van der Waals surface area contributed by atoms with Crippen LogP contribution in [0.15, 0.2) is 0 Å². The maximum atomic E-state index is 12.1. The Bertz CT molecular complexity index is 465. The molecule has 22 heavy (non-hydrogen) atoms. The van der Waals surface area contributed by atoms with E-state index in [1.165, 1.54) is 0 Å². The number of hydrogen-bond donors (Lipinski definition) is 1. The molecular formula is C14H21N3O5. The first-order valence-electron chi connectivity index (χ1n) is 7.23. The SMILES string of the molecule is CC(C)OC(=O)[C@H](CCC(=O)C=[N+]=[N-])NC(=O)[C@H]1CCOC1. The standard InChI is InChI=1S/C14H21N3O5/c1-9(2)22-14(20)12(4-3-11(18)7-16-15)17-13(19)10-5-6-21-8-10/h7,9-10,12H,3-6,8H2,1-2H3,(H,17,19)/t10-,12-/m0/s1. The Morgan fingerprint density at radius 2 is 2.18 bits per heavy atom. The lowest BCUT2D eigenvalue weighted by atomic mass is 10.1. The topological polar surface area (TPSA) is 118 Å². The molecule has 0 aliphatic carbocycles. The molecule has 0 aromatic rings. The molecule has 0 radical (unpaired) electrons. The predicted molar refractivity (Wildman–Crippen MR) is 76.0 cm³/mol. The summed E-state index contributed by atoms with van der Waals surface area (Å²) in [5.74, 6) is -1.60. The molecule has 1 N–H and O–H groups in total. The molecule has 1 saturated heterocycles. The molecule has 8 nitrogen and oxygen atoms in total. The minimum Gasteiger partial charge on any atom is -0.461 e. The van der Waals surface area contributed by atoms with Crippen LogP contribution in [0.25, 0.3) is 5.53 Å². The molecule has 0 bridgehead atoms. The molecule has 0 aromatic heterocycles. The summed E-state index contributed by atoms with van der Waals surface area (Å²) >= 11 is 0. The third-order valence-corrected chi connectivity index (χ3v) is 3.13. The number of ketones is 1. The molecule has 1 heterocycles. The van der Waals surface area contributed by atoms with E-state index in [1.807, 2.05) is 0 Å². The van der Waals surface area contributed by atoms with Crippen LogP contribution in [0.2, 0.25) is 0 Å². The second kappa shape index (κ2) is 9.07. The molecule has 1 rings (SSSR count). The predicted octanol–water partition coefficient (Wildman–Crippen LogP) is 0.109. The lowest BCUT2D eigenvalue weighted by Crippen LogP contribution is -2.45. The van der Waals surface area contributed by atoms with Gasteiger partial charge in [0.2, 0.25) is 11.7 Å². The molecular weight excluding hydrogens is 290 g/mol. The van der Waals surface area contributed by atoms with Crippen LogP contribution in [0, 0.1) is 5.92 Å². The molecule has 0 saturated carbocycles. The third kappa shape index (κ3) is 6.15. The van der Waals surface area contributed by atoms with Crippen LogP contribution in [0.1, 0.15) is 33.1 Å². The Labute approximate surface area is 128 Å². The Kier molecular flexibility index (Phi) is 7.42. The van der Waals surface area contributed by atoms with Crippen LogP contribution in [0.5, 0.6) is 0 Å². The van der Waals surface area contributed by atoms with Gasteiger partial charge >= 0.3 is 12.2 Å². The van der Waals surface area contributed by atoms with E-state index in [4.69, 9.17) is 15.0 Å². The molecule has 1 aliphatic heterocycles. The fraction of sp³-hybridized carbons (Fsp3) is 0.714. The Morgan fingerprint density at radius 3 is 2.73 bits per heavy atom. The van der Waals surface area contributed by atoms with Gasteiger partial charge in [0.1, 0.15) is 6.04 Å². The van der Waals surface area contributed by atoms with E-state index in [1.54, 1.807) is 13.8 Å². The summed E-state index contributed by atoms with van der Waals surface area (Å²) < 4.78 is 10.2. The fourth-order valence-corrected chi connectivity index (χ4v) is 2.01. The van der Waals surface area contributed by atoms with Crippen molar-refractivity contribution < 1.29 is 28.6 Å². The number of ether oxygens (including phenoxy) is 2. The number of Topliss-reactive ketones (excluding diaryl/α,β-unsaturated/α-hetero) is 1. The van der Waals surface area contributed by atoms with E-state index in [0.29, 0.717) is 19.6 Å². The highest BCUT2D eigenvalue weighted by Crippen LogP contribution is 2.13. The Balaban J connectivity index is 2.63. The number of hydrogen-bond acceptors (Lipinski definition) is 5.